The van der Waals surface area contributed by atoms with Gasteiger partial charge >= 0.3 is 0 Å². The first-order chi connectivity index (χ1) is 8.72. The lowest BCUT2D eigenvalue weighted by Gasteiger charge is -2.19. The van der Waals surface area contributed by atoms with Crippen LogP contribution in [0, 0.1) is 0 Å². The molecule has 0 unspecified atom stereocenters. The molecule has 0 aliphatic rings. The first-order valence-corrected chi connectivity index (χ1v) is 6.46. The van der Waals surface area contributed by atoms with Crippen molar-refractivity contribution in [1.29, 1.82) is 0 Å². The zero-order valence-corrected chi connectivity index (χ0v) is 11.4. The smallest absolute Gasteiger partial charge is 0.241 e. The number of nitrogens with one attached hydrogen (secondary N) is 1. The highest BCUT2D eigenvalue weighted by Crippen LogP contribution is 2.23. The van der Waals surface area contributed by atoms with Crippen LogP contribution < -0.4 is 10.1 Å². The average molecular weight is 250 g/mol. The molecule has 1 rings (SSSR count). The van der Waals surface area contributed by atoms with E-state index in [0.717, 1.165) is 24.5 Å². The Labute approximate surface area is 109 Å². The molecule has 0 saturated carbocycles. The minimum absolute atomic E-state index is 0.103. The van der Waals surface area contributed by atoms with E-state index in [2.05, 4.69) is 5.32 Å². The number of para-hydroxylation sites is 2. The average Bonchev–Trinajstić information content (AvgIpc) is 2.39. The lowest BCUT2D eigenvalue weighted by atomic mass is 10.3. The second-order valence-corrected chi connectivity index (χ2v) is 3.85. The lowest BCUT2D eigenvalue weighted by Crippen LogP contribution is -2.35. The third-order valence-electron chi connectivity index (χ3n) is 2.73. The number of amides is 1. The molecule has 4 nitrogen and oxygen atoms in total. The SMILES string of the molecule is CCOc1ccccc1NCC(=O)N(CC)CC. The standard InChI is InChI=1S/C14H22N2O2/c1-4-16(5-2)14(17)11-15-12-9-7-8-10-13(12)18-6-3/h7-10,15H,4-6,11H2,1-3H3. The molecule has 0 aliphatic carbocycles. The van der Waals surface area contributed by atoms with Crippen molar-refractivity contribution in [3.8, 4) is 5.75 Å². The molecule has 1 amide bonds. The molecule has 1 aromatic carbocycles. The summed E-state index contributed by atoms with van der Waals surface area (Å²) in [6.45, 7) is 8.30. The van der Waals surface area contributed by atoms with Crippen molar-refractivity contribution in [2.75, 3.05) is 31.6 Å². The molecule has 0 spiro atoms. The van der Waals surface area contributed by atoms with Gasteiger partial charge in [0, 0.05) is 13.1 Å². The summed E-state index contributed by atoms with van der Waals surface area (Å²) in [6.07, 6.45) is 0. The van der Waals surface area contributed by atoms with Crippen molar-refractivity contribution >= 4 is 11.6 Å². The monoisotopic (exact) mass is 250 g/mol. The predicted octanol–water partition coefficient (Wildman–Crippen LogP) is 2.37. The van der Waals surface area contributed by atoms with Crippen LogP contribution in [0.3, 0.4) is 0 Å². The van der Waals surface area contributed by atoms with Crippen molar-refractivity contribution in [1.82, 2.24) is 4.90 Å². The second-order valence-electron chi connectivity index (χ2n) is 3.85. The van der Waals surface area contributed by atoms with E-state index in [-0.39, 0.29) is 5.91 Å². The number of ether oxygens (including phenoxy) is 1. The van der Waals surface area contributed by atoms with E-state index >= 15 is 0 Å². The zero-order chi connectivity index (χ0) is 13.4. The zero-order valence-electron chi connectivity index (χ0n) is 11.4. The van der Waals surface area contributed by atoms with E-state index in [4.69, 9.17) is 4.74 Å². The Hall–Kier alpha value is -1.71. The van der Waals surface area contributed by atoms with Crippen LogP contribution in [0.5, 0.6) is 5.75 Å². The van der Waals surface area contributed by atoms with Crippen molar-refractivity contribution in [3.63, 3.8) is 0 Å². The topological polar surface area (TPSA) is 41.6 Å². The van der Waals surface area contributed by atoms with Crippen molar-refractivity contribution in [2.45, 2.75) is 20.8 Å². The molecule has 0 radical (unpaired) electrons. The van der Waals surface area contributed by atoms with E-state index in [9.17, 15) is 4.79 Å². The van der Waals surface area contributed by atoms with E-state index in [1.54, 1.807) is 4.90 Å². The van der Waals surface area contributed by atoms with Crippen LogP contribution in [0.4, 0.5) is 5.69 Å². The van der Waals surface area contributed by atoms with Crippen LogP contribution in [0.25, 0.3) is 0 Å². The summed E-state index contributed by atoms with van der Waals surface area (Å²) in [4.78, 5) is 13.7. The van der Waals surface area contributed by atoms with Gasteiger partial charge < -0.3 is 15.0 Å². The third kappa shape index (κ3) is 3.95. The molecule has 0 aliphatic heterocycles. The molecule has 1 N–H and O–H groups in total. The van der Waals surface area contributed by atoms with Crippen molar-refractivity contribution < 1.29 is 9.53 Å². The maximum atomic E-state index is 11.9. The summed E-state index contributed by atoms with van der Waals surface area (Å²) in [5.74, 6) is 0.888. The first kappa shape index (κ1) is 14.4. The Balaban J connectivity index is 2.60. The normalized spacial score (nSPS) is 9.94. The van der Waals surface area contributed by atoms with Gasteiger partial charge in [0.1, 0.15) is 5.75 Å². The molecule has 0 aromatic heterocycles. The number of hydrogen-bond donors (Lipinski definition) is 1. The molecule has 0 heterocycles. The quantitative estimate of drug-likeness (QED) is 0.807. The van der Waals surface area contributed by atoms with E-state index in [1.807, 2.05) is 45.0 Å². The van der Waals surface area contributed by atoms with E-state index in [0.29, 0.717) is 13.2 Å². The van der Waals surface area contributed by atoms with Crippen LogP contribution in [-0.4, -0.2) is 37.0 Å². The molecule has 0 bridgehead atoms. The summed E-state index contributed by atoms with van der Waals surface area (Å²) in [7, 11) is 0. The predicted molar refractivity (Wildman–Crippen MR) is 74.0 cm³/mol. The molecule has 4 heteroatoms. The number of rotatable bonds is 7. The fourth-order valence-corrected chi connectivity index (χ4v) is 1.75. The van der Waals surface area contributed by atoms with Crippen molar-refractivity contribution in [2.24, 2.45) is 0 Å². The number of carbonyl (C=O) groups is 1. The first-order valence-electron chi connectivity index (χ1n) is 6.46. The Morgan fingerprint density at radius 1 is 1.22 bits per heavy atom. The second kappa shape index (κ2) is 7.58. The highest BCUT2D eigenvalue weighted by molar-refractivity contribution is 5.81. The summed E-state index contributed by atoms with van der Waals surface area (Å²) >= 11 is 0. The minimum atomic E-state index is 0.103. The molecule has 0 fully saturated rings. The number of benzene rings is 1. The van der Waals surface area contributed by atoms with Gasteiger partial charge in [-0.15, -0.1) is 0 Å². The van der Waals surface area contributed by atoms with Gasteiger partial charge in [0.15, 0.2) is 0 Å². The molecule has 1 aromatic rings. The van der Waals surface area contributed by atoms with Crippen LogP contribution in [0.2, 0.25) is 0 Å². The fourth-order valence-electron chi connectivity index (χ4n) is 1.75. The molecule has 0 saturated heterocycles. The Morgan fingerprint density at radius 3 is 2.50 bits per heavy atom. The summed E-state index contributed by atoms with van der Waals surface area (Å²) in [6, 6.07) is 7.66. The van der Waals surface area contributed by atoms with Gasteiger partial charge in [0.05, 0.1) is 18.8 Å². The van der Waals surface area contributed by atoms with Crippen LogP contribution >= 0.6 is 0 Å². The number of likely N-dealkylation sites (N-methyl/N-ethyl adjacent to an activating group) is 1. The Bertz CT molecular complexity index is 376. The number of anilines is 1. The van der Waals surface area contributed by atoms with Gasteiger partial charge in [-0.3, -0.25) is 4.79 Å². The minimum Gasteiger partial charge on any atom is -0.492 e. The summed E-state index contributed by atoms with van der Waals surface area (Å²) < 4.78 is 5.50. The lowest BCUT2D eigenvalue weighted by molar-refractivity contribution is -0.128. The maximum absolute atomic E-state index is 11.9. The van der Waals surface area contributed by atoms with Gasteiger partial charge in [-0.1, -0.05) is 12.1 Å². The van der Waals surface area contributed by atoms with Gasteiger partial charge in [-0.25, -0.2) is 0 Å². The van der Waals surface area contributed by atoms with Gasteiger partial charge in [-0.05, 0) is 32.9 Å². The number of nitrogens with zero attached hydrogens (tertiary/aromatic N) is 1. The van der Waals surface area contributed by atoms with Gasteiger partial charge in [-0.2, -0.15) is 0 Å². The highest BCUT2D eigenvalue weighted by atomic mass is 16.5. The molecular formula is C14H22N2O2. The molecule has 18 heavy (non-hydrogen) atoms. The van der Waals surface area contributed by atoms with Gasteiger partial charge in [0.2, 0.25) is 5.91 Å². The van der Waals surface area contributed by atoms with Crippen LogP contribution in [0.15, 0.2) is 24.3 Å². The largest absolute Gasteiger partial charge is 0.492 e. The van der Waals surface area contributed by atoms with Crippen molar-refractivity contribution in [3.05, 3.63) is 24.3 Å². The summed E-state index contributed by atoms with van der Waals surface area (Å²) in [5.41, 5.74) is 0.861. The van der Waals surface area contributed by atoms with Crippen LogP contribution in [0.1, 0.15) is 20.8 Å². The fraction of sp³-hybridized carbons (Fsp3) is 0.500. The third-order valence-corrected chi connectivity index (χ3v) is 2.73. The van der Waals surface area contributed by atoms with E-state index < -0.39 is 0 Å². The van der Waals surface area contributed by atoms with Crippen LogP contribution in [-0.2, 0) is 4.79 Å². The Morgan fingerprint density at radius 2 is 1.89 bits per heavy atom. The Kier molecular flexibility index (Phi) is 6.05. The van der Waals surface area contributed by atoms with E-state index in [1.165, 1.54) is 0 Å². The summed E-state index contributed by atoms with van der Waals surface area (Å²) in [5, 5.41) is 3.13. The number of hydrogen-bond acceptors (Lipinski definition) is 3. The maximum Gasteiger partial charge on any atom is 0.241 e. The highest BCUT2D eigenvalue weighted by Gasteiger charge is 2.10. The number of carbonyl (C=O) groups excluding carboxylic acids is 1. The van der Waals surface area contributed by atoms with Gasteiger partial charge in [0.25, 0.3) is 0 Å². The molecule has 100 valence electrons. The molecular weight excluding hydrogens is 228 g/mol. The molecule has 0 atom stereocenters.